The first-order valence-corrected chi connectivity index (χ1v) is 9.78. The molecule has 1 fully saturated rings. The normalized spacial score (nSPS) is 19.7. The van der Waals surface area contributed by atoms with Gasteiger partial charge in [-0.25, -0.2) is 9.78 Å². The standard InChI is InChI=1S/C19H18Cl2N4O4/c20-14-3-1-11(7-15(14)21)17-13(8-22-5-6-27-17)10-28-16-4-2-12(9-23-16)18-24-19(26)29-25-18/h1-4,7,9,13,17,22H,5-6,8,10H2,(H,24,25,26)/t13-,17-/m0/s1. The van der Waals surface area contributed by atoms with Gasteiger partial charge in [0.05, 0.1) is 29.4 Å². The number of H-pyrrole nitrogens is 1. The van der Waals surface area contributed by atoms with Gasteiger partial charge >= 0.3 is 5.76 Å². The highest BCUT2D eigenvalue weighted by atomic mass is 35.5. The van der Waals surface area contributed by atoms with Crippen LogP contribution in [0.4, 0.5) is 0 Å². The van der Waals surface area contributed by atoms with Crippen molar-refractivity contribution >= 4 is 23.2 Å². The lowest BCUT2D eigenvalue weighted by Gasteiger charge is -2.25. The number of halogens is 2. The van der Waals surface area contributed by atoms with Crippen molar-refractivity contribution < 1.29 is 14.0 Å². The van der Waals surface area contributed by atoms with Crippen LogP contribution in [-0.2, 0) is 4.74 Å². The quantitative estimate of drug-likeness (QED) is 0.633. The smallest absolute Gasteiger partial charge is 0.439 e. The van der Waals surface area contributed by atoms with Crippen molar-refractivity contribution in [3.8, 4) is 17.3 Å². The Morgan fingerprint density at radius 2 is 2.10 bits per heavy atom. The Balaban J connectivity index is 1.46. The Bertz CT molecular complexity index is 1020. The number of aromatic nitrogens is 3. The highest BCUT2D eigenvalue weighted by molar-refractivity contribution is 6.42. The average molecular weight is 437 g/mol. The molecule has 0 saturated carbocycles. The van der Waals surface area contributed by atoms with Gasteiger partial charge in [0.25, 0.3) is 0 Å². The molecule has 0 aliphatic carbocycles. The van der Waals surface area contributed by atoms with E-state index in [0.717, 1.165) is 18.7 Å². The van der Waals surface area contributed by atoms with Gasteiger partial charge in [-0.15, -0.1) is 0 Å². The van der Waals surface area contributed by atoms with E-state index in [1.54, 1.807) is 24.4 Å². The Morgan fingerprint density at radius 3 is 2.83 bits per heavy atom. The molecule has 8 nitrogen and oxygen atoms in total. The second-order valence-corrected chi connectivity index (χ2v) is 7.38. The van der Waals surface area contributed by atoms with Gasteiger partial charge in [-0.05, 0) is 23.8 Å². The second kappa shape index (κ2) is 8.96. The molecule has 1 saturated heterocycles. The summed E-state index contributed by atoms with van der Waals surface area (Å²) in [7, 11) is 0. The van der Waals surface area contributed by atoms with Crippen LogP contribution in [0.1, 0.15) is 11.7 Å². The largest absolute Gasteiger partial charge is 0.477 e. The Kier molecular flexibility index (Phi) is 6.15. The first-order chi connectivity index (χ1) is 14.1. The Morgan fingerprint density at radius 1 is 1.21 bits per heavy atom. The summed E-state index contributed by atoms with van der Waals surface area (Å²) in [4.78, 5) is 17.8. The third kappa shape index (κ3) is 4.79. The van der Waals surface area contributed by atoms with E-state index in [2.05, 4.69) is 25.0 Å². The maximum Gasteiger partial charge on any atom is 0.439 e. The van der Waals surface area contributed by atoms with Crippen molar-refractivity contribution in [1.82, 2.24) is 20.4 Å². The molecule has 4 rings (SSSR count). The fourth-order valence-corrected chi connectivity index (χ4v) is 3.45. The number of ether oxygens (including phenoxy) is 2. The molecule has 2 N–H and O–H groups in total. The summed E-state index contributed by atoms with van der Waals surface area (Å²) >= 11 is 12.2. The molecule has 0 bridgehead atoms. The minimum Gasteiger partial charge on any atom is -0.477 e. The predicted octanol–water partition coefficient (Wildman–Crippen LogP) is 3.09. The molecule has 1 aliphatic rings. The lowest BCUT2D eigenvalue weighted by atomic mass is 9.96. The van der Waals surface area contributed by atoms with Crippen LogP contribution in [0.3, 0.4) is 0 Å². The summed E-state index contributed by atoms with van der Waals surface area (Å²) in [6.07, 6.45) is 1.38. The van der Waals surface area contributed by atoms with Crippen molar-refractivity contribution in [3.05, 3.63) is 62.7 Å². The molecule has 0 unspecified atom stereocenters. The van der Waals surface area contributed by atoms with E-state index in [1.165, 1.54) is 0 Å². The zero-order valence-corrected chi connectivity index (χ0v) is 16.7. The van der Waals surface area contributed by atoms with Crippen LogP contribution < -0.4 is 15.8 Å². The third-order valence-electron chi connectivity index (χ3n) is 4.58. The van der Waals surface area contributed by atoms with E-state index in [0.29, 0.717) is 40.5 Å². The van der Waals surface area contributed by atoms with Gasteiger partial charge in [0, 0.05) is 36.8 Å². The van der Waals surface area contributed by atoms with Crippen LogP contribution in [0.2, 0.25) is 10.0 Å². The molecule has 1 aliphatic heterocycles. The van der Waals surface area contributed by atoms with E-state index in [4.69, 9.17) is 32.7 Å². The fraction of sp³-hybridized carbons (Fsp3) is 0.316. The minimum atomic E-state index is -0.616. The molecule has 1 aromatic carbocycles. The van der Waals surface area contributed by atoms with Crippen molar-refractivity contribution in [2.75, 3.05) is 26.3 Å². The van der Waals surface area contributed by atoms with Gasteiger partial charge in [0.2, 0.25) is 5.88 Å². The summed E-state index contributed by atoms with van der Waals surface area (Å²) < 4.78 is 16.4. The van der Waals surface area contributed by atoms with Crippen LogP contribution >= 0.6 is 23.2 Å². The fourth-order valence-electron chi connectivity index (χ4n) is 3.15. The maximum absolute atomic E-state index is 11.1. The highest BCUT2D eigenvalue weighted by Crippen LogP contribution is 2.32. The van der Waals surface area contributed by atoms with Crippen LogP contribution in [-0.4, -0.2) is 41.4 Å². The van der Waals surface area contributed by atoms with Gasteiger partial charge in [-0.2, -0.15) is 0 Å². The summed E-state index contributed by atoms with van der Waals surface area (Å²) in [6.45, 7) is 2.47. The van der Waals surface area contributed by atoms with Crippen molar-refractivity contribution in [2.24, 2.45) is 5.92 Å². The molecule has 3 aromatic rings. The Hall–Kier alpha value is -2.39. The van der Waals surface area contributed by atoms with Crippen LogP contribution in [0.5, 0.6) is 5.88 Å². The number of pyridine rings is 1. The van der Waals surface area contributed by atoms with Crippen molar-refractivity contribution in [3.63, 3.8) is 0 Å². The number of aromatic amines is 1. The lowest BCUT2D eigenvalue weighted by molar-refractivity contribution is 0.0147. The number of hydrogen-bond acceptors (Lipinski definition) is 7. The van der Waals surface area contributed by atoms with E-state index < -0.39 is 5.76 Å². The molecule has 0 spiro atoms. The number of benzene rings is 1. The first-order valence-electron chi connectivity index (χ1n) is 9.02. The molecule has 2 atom stereocenters. The Labute approximate surface area is 176 Å². The molecule has 10 heteroatoms. The molecule has 29 heavy (non-hydrogen) atoms. The van der Waals surface area contributed by atoms with E-state index in [1.807, 2.05) is 12.1 Å². The van der Waals surface area contributed by atoms with E-state index >= 15 is 0 Å². The SMILES string of the molecule is O=c1[nH]c(-c2ccc(OC[C@@H]3CNCCO[C@H]3c3ccc(Cl)c(Cl)c3)nc2)no1. The average Bonchev–Trinajstić information content (AvgIpc) is 3.02. The molecule has 0 radical (unpaired) electrons. The summed E-state index contributed by atoms with van der Waals surface area (Å²) in [5, 5.41) is 7.99. The minimum absolute atomic E-state index is 0.0445. The molecular formula is C19H18Cl2N4O4. The second-order valence-electron chi connectivity index (χ2n) is 6.57. The molecule has 2 aromatic heterocycles. The van der Waals surface area contributed by atoms with Crippen LogP contribution in [0.25, 0.3) is 11.4 Å². The molecule has 3 heterocycles. The molecular weight excluding hydrogens is 419 g/mol. The van der Waals surface area contributed by atoms with Gasteiger partial charge in [-0.1, -0.05) is 34.4 Å². The lowest BCUT2D eigenvalue weighted by Crippen LogP contribution is -2.29. The van der Waals surface area contributed by atoms with Gasteiger partial charge < -0.3 is 14.8 Å². The third-order valence-corrected chi connectivity index (χ3v) is 5.32. The predicted molar refractivity (Wildman–Crippen MR) is 107 cm³/mol. The van der Waals surface area contributed by atoms with Gasteiger partial charge in [-0.3, -0.25) is 9.51 Å². The zero-order chi connectivity index (χ0) is 20.2. The summed E-state index contributed by atoms with van der Waals surface area (Å²) in [6, 6.07) is 8.98. The topological polar surface area (TPSA) is 102 Å². The number of nitrogens with zero attached hydrogens (tertiary/aromatic N) is 2. The van der Waals surface area contributed by atoms with Crippen molar-refractivity contribution in [1.29, 1.82) is 0 Å². The summed E-state index contributed by atoms with van der Waals surface area (Å²) in [5.41, 5.74) is 1.58. The number of nitrogens with one attached hydrogen (secondary N) is 2. The van der Waals surface area contributed by atoms with Crippen molar-refractivity contribution in [2.45, 2.75) is 6.10 Å². The zero-order valence-electron chi connectivity index (χ0n) is 15.2. The first kappa shape index (κ1) is 19.9. The van der Waals surface area contributed by atoms with Crippen LogP contribution in [0.15, 0.2) is 45.8 Å². The monoisotopic (exact) mass is 436 g/mol. The highest BCUT2D eigenvalue weighted by Gasteiger charge is 2.27. The molecule has 0 amide bonds. The summed E-state index contributed by atoms with van der Waals surface area (Å²) in [5.74, 6) is 0.199. The molecule has 152 valence electrons. The van der Waals surface area contributed by atoms with Gasteiger partial charge in [0.1, 0.15) is 0 Å². The maximum atomic E-state index is 11.1. The number of rotatable bonds is 5. The van der Waals surface area contributed by atoms with Crippen LogP contribution in [0, 0.1) is 5.92 Å². The van der Waals surface area contributed by atoms with E-state index in [9.17, 15) is 4.79 Å². The number of hydrogen-bond donors (Lipinski definition) is 2. The van der Waals surface area contributed by atoms with Gasteiger partial charge in [0.15, 0.2) is 5.82 Å². The van der Waals surface area contributed by atoms with E-state index in [-0.39, 0.29) is 12.0 Å².